The van der Waals surface area contributed by atoms with E-state index in [0.29, 0.717) is 13.1 Å². The third-order valence-corrected chi connectivity index (χ3v) is 6.41. The van der Waals surface area contributed by atoms with E-state index in [1.165, 1.54) is 29.7 Å². The van der Waals surface area contributed by atoms with Crippen molar-refractivity contribution < 1.29 is 18.8 Å². The number of hydrogen-bond donors (Lipinski definition) is 2. The molecule has 3 heterocycles. The van der Waals surface area contributed by atoms with E-state index in [0.717, 1.165) is 23.4 Å². The van der Waals surface area contributed by atoms with Crippen molar-refractivity contribution in [2.24, 2.45) is 0 Å². The van der Waals surface area contributed by atoms with Crippen molar-refractivity contribution in [3.05, 3.63) is 81.8 Å². The van der Waals surface area contributed by atoms with Crippen LogP contribution in [0.4, 0.5) is 4.39 Å². The first-order chi connectivity index (χ1) is 16.0. The number of likely N-dealkylation sites (tertiary alicyclic amines) is 1. The smallest absolute Gasteiger partial charge is 0.289 e. The number of carbonyl (C=O) groups is 3. The number of benzene rings is 1. The van der Waals surface area contributed by atoms with Gasteiger partial charge in [0.2, 0.25) is 5.91 Å². The monoisotopic (exact) mass is 467 g/mol. The summed E-state index contributed by atoms with van der Waals surface area (Å²) in [6.45, 7) is 1.21. The van der Waals surface area contributed by atoms with Gasteiger partial charge in [-0.2, -0.15) is 0 Å². The van der Waals surface area contributed by atoms with Crippen molar-refractivity contribution >= 4 is 29.1 Å². The van der Waals surface area contributed by atoms with E-state index >= 15 is 0 Å². The minimum absolute atomic E-state index is 0.0166. The van der Waals surface area contributed by atoms with Crippen LogP contribution >= 0.6 is 11.3 Å². The lowest BCUT2D eigenvalue weighted by molar-refractivity contribution is -0.131. The second-order valence-corrected chi connectivity index (χ2v) is 8.54. The van der Waals surface area contributed by atoms with E-state index in [1.807, 2.05) is 4.90 Å². The quantitative estimate of drug-likeness (QED) is 0.562. The van der Waals surface area contributed by atoms with Crippen LogP contribution in [0.25, 0.3) is 0 Å². The van der Waals surface area contributed by atoms with Gasteiger partial charge in [0.05, 0.1) is 11.4 Å². The average molecular weight is 468 g/mol. The van der Waals surface area contributed by atoms with Crippen molar-refractivity contribution in [2.75, 3.05) is 13.1 Å². The van der Waals surface area contributed by atoms with Gasteiger partial charge in [-0.05, 0) is 42.7 Å². The third kappa shape index (κ3) is 5.78. The van der Waals surface area contributed by atoms with Crippen LogP contribution in [0.5, 0.6) is 0 Å². The summed E-state index contributed by atoms with van der Waals surface area (Å²) in [5, 5.41) is 2.49. The molecule has 1 saturated heterocycles. The van der Waals surface area contributed by atoms with Crippen LogP contribution in [-0.4, -0.2) is 45.7 Å². The lowest BCUT2D eigenvalue weighted by Crippen LogP contribution is -2.42. The van der Waals surface area contributed by atoms with Crippen LogP contribution in [-0.2, 0) is 11.2 Å². The van der Waals surface area contributed by atoms with Crippen molar-refractivity contribution in [3.63, 3.8) is 0 Å². The van der Waals surface area contributed by atoms with Gasteiger partial charge < -0.3 is 4.90 Å². The Bertz CT molecular complexity index is 1130. The summed E-state index contributed by atoms with van der Waals surface area (Å²) in [7, 11) is 0. The second kappa shape index (κ2) is 10.3. The lowest BCUT2D eigenvalue weighted by atomic mass is 9.97. The van der Waals surface area contributed by atoms with Crippen LogP contribution in [0, 0.1) is 5.82 Å². The van der Waals surface area contributed by atoms with Crippen molar-refractivity contribution in [3.8, 4) is 0 Å². The number of nitrogens with zero attached hydrogens (tertiary/aromatic N) is 3. The molecule has 2 aromatic heterocycles. The van der Waals surface area contributed by atoms with Gasteiger partial charge in [0, 0.05) is 30.6 Å². The molecule has 0 spiro atoms. The van der Waals surface area contributed by atoms with E-state index in [9.17, 15) is 18.8 Å². The maximum absolute atomic E-state index is 13.0. The minimum Gasteiger partial charge on any atom is -0.342 e. The summed E-state index contributed by atoms with van der Waals surface area (Å²) >= 11 is 1.39. The summed E-state index contributed by atoms with van der Waals surface area (Å²) in [4.78, 5) is 47.0. The predicted octanol–water partition coefficient (Wildman–Crippen LogP) is 2.70. The zero-order valence-electron chi connectivity index (χ0n) is 17.7. The second-order valence-electron chi connectivity index (χ2n) is 7.65. The van der Waals surface area contributed by atoms with Gasteiger partial charge in [0.15, 0.2) is 0 Å². The van der Waals surface area contributed by atoms with E-state index in [-0.39, 0.29) is 35.5 Å². The average Bonchev–Trinajstić information content (AvgIpc) is 3.35. The summed E-state index contributed by atoms with van der Waals surface area (Å²) < 4.78 is 13.0. The molecule has 1 fully saturated rings. The van der Waals surface area contributed by atoms with Crippen LogP contribution in [0.1, 0.15) is 50.3 Å². The Balaban J connectivity index is 1.26. The van der Waals surface area contributed by atoms with Gasteiger partial charge >= 0.3 is 0 Å². The number of hydrazine groups is 1. The van der Waals surface area contributed by atoms with Gasteiger partial charge in [0.1, 0.15) is 17.2 Å². The number of carbonyl (C=O) groups excluding carboxylic acids is 3. The summed E-state index contributed by atoms with van der Waals surface area (Å²) in [6, 6.07) is 10.9. The van der Waals surface area contributed by atoms with Crippen LogP contribution in [0.15, 0.2) is 54.0 Å². The predicted molar refractivity (Wildman–Crippen MR) is 120 cm³/mol. The molecule has 0 saturated carbocycles. The third-order valence-electron chi connectivity index (χ3n) is 5.41. The fraction of sp³-hybridized carbons (Fsp3) is 0.261. The molecule has 0 bridgehead atoms. The Morgan fingerprint density at radius 1 is 1.00 bits per heavy atom. The fourth-order valence-electron chi connectivity index (χ4n) is 3.58. The Morgan fingerprint density at radius 2 is 1.70 bits per heavy atom. The van der Waals surface area contributed by atoms with E-state index in [1.54, 1.807) is 35.7 Å². The molecule has 0 radical (unpaired) electrons. The van der Waals surface area contributed by atoms with E-state index < -0.39 is 11.8 Å². The zero-order chi connectivity index (χ0) is 23.2. The molecular formula is C23H22FN5O3S. The first-order valence-corrected chi connectivity index (χ1v) is 11.4. The minimum atomic E-state index is -0.517. The van der Waals surface area contributed by atoms with Gasteiger partial charge in [-0.25, -0.2) is 9.37 Å². The van der Waals surface area contributed by atoms with E-state index in [4.69, 9.17) is 0 Å². The molecule has 0 unspecified atom stereocenters. The Hall–Kier alpha value is -3.66. The maximum atomic E-state index is 13.0. The number of pyridine rings is 1. The van der Waals surface area contributed by atoms with Crippen LogP contribution < -0.4 is 10.9 Å². The van der Waals surface area contributed by atoms with Crippen molar-refractivity contribution in [1.82, 2.24) is 25.7 Å². The van der Waals surface area contributed by atoms with E-state index in [2.05, 4.69) is 20.8 Å². The number of aromatic nitrogens is 2. The highest BCUT2D eigenvalue weighted by atomic mass is 32.1. The molecule has 3 amide bonds. The topological polar surface area (TPSA) is 104 Å². The molecule has 10 heteroatoms. The largest absolute Gasteiger partial charge is 0.342 e. The molecule has 4 rings (SSSR count). The van der Waals surface area contributed by atoms with Crippen LogP contribution in [0.3, 0.4) is 0 Å². The Morgan fingerprint density at radius 3 is 2.36 bits per heavy atom. The highest BCUT2D eigenvalue weighted by Crippen LogP contribution is 2.30. The fourth-order valence-corrected chi connectivity index (χ4v) is 4.55. The zero-order valence-corrected chi connectivity index (χ0v) is 18.5. The first-order valence-electron chi connectivity index (χ1n) is 10.5. The summed E-state index contributed by atoms with van der Waals surface area (Å²) in [5.41, 5.74) is 5.88. The molecule has 3 aromatic rings. The van der Waals surface area contributed by atoms with Crippen molar-refractivity contribution in [2.45, 2.75) is 25.2 Å². The number of halogens is 1. The molecular weight excluding hydrogens is 445 g/mol. The summed E-state index contributed by atoms with van der Waals surface area (Å²) in [5.74, 6) is -1.16. The molecule has 2 N–H and O–H groups in total. The highest BCUT2D eigenvalue weighted by Gasteiger charge is 2.26. The highest BCUT2D eigenvalue weighted by molar-refractivity contribution is 7.09. The molecule has 1 aliphatic rings. The standard InChI is InChI=1S/C23H22FN5O3S/c24-17-6-4-15(5-7-17)13-20(30)29-11-8-16(9-12-29)23-26-19(14-33-23)22(32)28-27-21(31)18-3-1-2-10-25-18/h1-7,10,14,16H,8-9,11-13H2,(H,27,31)(H,28,32). The molecule has 8 nitrogen and oxygen atoms in total. The number of amides is 3. The number of piperidine rings is 1. The van der Waals surface area contributed by atoms with Gasteiger partial charge in [-0.3, -0.25) is 30.2 Å². The number of nitrogens with one attached hydrogen (secondary N) is 2. The molecule has 170 valence electrons. The summed E-state index contributed by atoms with van der Waals surface area (Å²) in [6.07, 6.45) is 3.24. The molecule has 33 heavy (non-hydrogen) atoms. The molecule has 1 aromatic carbocycles. The van der Waals surface area contributed by atoms with Crippen molar-refractivity contribution in [1.29, 1.82) is 0 Å². The number of rotatable bonds is 5. The first kappa shape index (κ1) is 22.5. The molecule has 1 aliphatic heterocycles. The van der Waals surface area contributed by atoms with Gasteiger partial charge in [-0.1, -0.05) is 18.2 Å². The lowest BCUT2D eigenvalue weighted by Gasteiger charge is -2.31. The van der Waals surface area contributed by atoms with Gasteiger partial charge in [0.25, 0.3) is 11.8 Å². The Kier molecular flexibility index (Phi) is 7.04. The van der Waals surface area contributed by atoms with Crippen LogP contribution in [0.2, 0.25) is 0 Å². The SMILES string of the molecule is O=C(NNC(=O)c1csc(C2CCN(C(=O)Cc3ccc(F)cc3)CC2)n1)c1ccccn1. The maximum Gasteiger partial charge on any atom is 0.289 e. The number of thiazole rings is 1. The normalized spacial score (nSPS) is 14.0. The molecule has 0 aliphatic carbocycles. The Labute approximate surface area is 193 Å². The molecule has 0 atom stereocenters. The number of hydrogen-bond acceptors (Lipinski definition) is 6. The van der Waals surface area contributed by atoms with Gasteiger partial charge in [-0.15, -0.1) is 11.3 Å².